The van der Waals surface area contributed by atoms with Gasteiger partial charge in [-0.05, 0) is 31.3 Å². The van der Waals surface area contributed by atoms with Crippen molar-refractivity contribution >= 4 is 11.8 Å². The lowest BCUT2D eigenvalue weighted by Crippen LogP contribution is -2.14. The highest BCUT2D eigenvalue weighted by atomic mass is 16.4. The molecule has 1 unspecified atom stereocenters. The van der Waals surface area contributed by atoms with Crippen molar-refractivity contribution in [3.8, 4) is 0 Å². The summed E-state index contributed by atoms with van der Waals surface area (Å²) in [5.41, 5.74) is 2.13. The highest BCUT2D eigenvalue weighted by Gasteiger charge is 2.32. The fourth-order valence-electron chi connectivity index (χ4n) is 2.52. The Labute approximate surface area is 103 Å². The van der Waals surface area contributed by atoms with Crippen LogP contribution in [0.5, 0.6) is 0 Å². The number of hydrogen-bond acceptors (Lipinski definition) is 2. The summed E-state index contributed by atoms with van der Waals surface area (Å²) >= 11 is 0. The van der Waals surface area contributed by atoms with Gasteiger partial charge >= 0.3 is 5.97 Å². The van der Waals surface area contributed by atoms with Gasteiger partial charge in [-0.25, -0.2) is 0 Å². The lowest BCUT2D eigenvalue weighted by Gasteiger charge is -2.05. The highest BCUT2D eigenvalue weighted by molar-refractivity contribution is 6.02. The molecule has 0 aromatic carbocycles. The van der Waals surface area contributed by atoms with Gasteiger partial charge in [0.2, 0.25) is 0 Å². The number of carbonyl (C=O) groups is 2. The standard InChI is InChI=1S/C14H22O3/c1-3-5-6-7-12-10(4-2)8-11(14(12)17)9-13(15)16/h11H,3-9H2,1-2H3,(H,15,16). The maximum Gasteiger partial charge on any atom is 0.304 e. The number of rotatable bonds is 7. The van der Waals surface area contributed by atoms with Crippen LogP contribution in [0.1, 0.15) is 58.8 Å². The second kappa shape index (κ2) is 6.58. The van der Waals surface area contributed by atoms with Crippen molar-refractivity contribution in [1.29, 1.82) is 0 Å². The van der Waals surface area contributed by atoms with E-state index in [-0.39, 0.29) is 18.1 Å². The van der Waals surface area contributed by atoms with Gasteiger partial charge in [-0.3, -0.25) is 9.59 Å². The van der Waals surface area contributed by atoms with Crippen molar-refractivity contribution in [3.63, 3.8) is 0 Å². The van der Waals surface area contributed by atoms with Crippen molar-refractivity contribution < 1.29 is 14.7 Å². The van der Waals surface area contributed by atoms with Crippen molar-refractivity contribution in [1.82, 2.24) is 0 Å². The Hall–Kier alpha value is -1.12. The van der Waals surface area contributed by atoms with E-state index in [1.807, 2.05) is 6.92 Å². The second-order valence-corrected chi connectivity index (χ2v) is 4.76. The van der Waals surface area contributed by atoms with Crippen LogP contribution < -0.4 is 0 Å². The first-order valence-electron chi connectivity index (χ1n) is 6.57. The molecule has 0 amide bonds. The maximum absolute atomic E-state index is 12.1. The van der Waals surface area contributed by atoms with Crippen LogP contribution in [0.15, 0.2) is 11.1 Å². The fourth-order valence-corrected chi connectivity index (χ4v) is 2.52. The summed E-state index contributed by atoms with van der Waals surface area (Å²) in [6, 6.07) is 0. The molecule has 0 bridgehead atoms. The molecule has 1 N–H and O–H groups in total. The summed E-state index contributed by atoms with van der Waals surface area (Å²) in [4.78, 5) is 22.8. The number of Topliss-reactive ketones (excluding diaryl/α,β-unsaturated/α-hetero) is 1. The first-order chi connectivity index (χ1) is 8.10. The summed E-state index contributed by atoms with van der Waals surface area (Å²) in [7, 11) is 0. The molecule has 96 valence electrons. The molecule has 0 aliphatic heterocycles. The van der Waals surface area contributed by atoms with Crippen molar-refractivity contribution in [3.05, 3.63) is 11.1 Å². The first kappa shape index (κ1) is 13.9. The van der Waals surface area contributed by atoms with Gasteiger partial charge in [0.1, 0.15) is 0 Å². The van der Waals surface area contributed by atoms with Crippen molar-refractivity contribution in [2.24, 2.45) is 5.92 Å². The molecular weight excluding hydrogens is 216 g/mol. The number of carbonyl (C=O) groups excluding carboxylic acids is 1. The molecule has 1 aliphatic rings. The summed E-state index contributed by atoms with van der Waals surface area (Å²) in [5.74, 6) is -1.06. The Balaban J connectivity index is 2.64. The Bertz CT molecular complexity index is 328. The number of allylic oxidation sites excluding steroid dienone is 2. The third kappa shape index (κ3) is 3.69. The van der Waals surface area contributed by atoms with Crippen molar-refractivity contribution in [2.45, 2.75) is 58.8 Å². The molecule has 0 fully saturated rings. The van der Waals surface area contributed by atoms with E-state index in [4.69, 9.17) is 5.11 Å². The molecule has 1 atom stereocenters. The SMILES string of the molecule is CCCCCC1=C(CC)CC(CC(=O)O)C1=O. The Morgan fingerprint density at radius 1 is 1.35 bits per heavy atom. The monoisotopic (exact) mass is 238 g/mol. The first-order valence-corrected chi connectivity index (χ1v) is 6.57. The van der Waals surface area contributed by atoms with Crippen molar-refractivity contribution in [2.75, 3.05) is 0 Å². The molecule has 0 spiro atoms. The predicted octanol–water partition coefficient (Wildman–Crippen LogP) is 3.34. The third-order valence-corrected chi connectivity index (χ3v) is 3.47. The molecular formula is C14H22O3. The van der Waals surface area contributed by atoms with Crippen LogP contribution in [0.25, 0.3) is 0 Å². The lowest BCUT2D eigenvalue weighted by atomic mass is 9.98. The molecule has 0 aromatic rings. The normalized spacial score (nSPS) is 20.1. The van der Waals surface area contributed by atoms with Gasteiger partial charge in [0, 0.05) is 5.92 Å². The van der Waals surface area contributed by atoms with Gasteiger partial charge in [-0.2, -0.15) is 0 Å². The van der Waals surface area contributed by atoms with Crippen LogP contribution in [0.2, 0.25) is 0 Å². The highest BCUT2D eigenvalue weighted by Crippen LogP contribution is 2.35. The predicted molar refractivity (Wildman–Crippen MR) is 66.8 cm³/mol. The zero-order valence-corrected chi connectivity index (χ0v) is 10.8. The molecule has 0 radical (unpaired) electrons. The van der Waals surface area contributed by atoms with Crippen LogP contribution in [0, 0.1) is 5.92 Å². The molecule has 0 aromatic heterocycles. The van der Waals surface area contributed by atoms with Gasteiger partial charge in [0.05, 0.1) is 6.42 Å². The summed E-state index contributed by atoms with van der Waals surface area (Å²) in [6.45, 7) is 4.18. The minimum Gasteiger partial charge on any atom is -0.481 e. The molecule has 0 heterocycles. The number of unbranched alkanes of at least 4 members (excludes halogenated alkanes) is 2. The number of hydrogen-bond donors (Lipinski definition) is 1. The molecule has 1 rings (SSSR count). The number of aliphatic carboxylic acids is 1. The summed E-state index contributed by atoms with van der Waals surface area (Å²) in [5, 5.41) is 8.78. The number of carboxylic acid groups (broad SMARTS) is 1. The Morgan fingerprint density at radius 2 is 2.06 bits per heavy atom. The van der Waals surface area contributed by atoms with E-state index < -0.39 is 5.97 Å². The largest absolute Gasteiger partial charge is 0.481 e. The number of ketones is 1. The van der Waals surface area contributed by atoms with Gasteiger partial charge in [0.25, 0.3) is 0 Å². The Morgan fingerprint density at radius 3 is 2.59 bits per heavy atom. The molecule has 0 saturated heterocycles. The molecule has 0 saturated carbocycles. The number of carboxylic acids is 1. The van der Waals surface area contributed by atoms with Crippen LogP contribution in [0.4, 0.5) is 0 Å². The van der Waals surface area contributed by atoms with Crippen LogP contribution >= 0.6 is 0 Å². The van der Waals surface area contributed by atoms with Gasteiger partial charge in [0.15, 0.2) is 5.78 Å². The molecule has 3 nitrogen and oxygen atoms in total. The summed E-state index contributed by atoms with van der Waals surface area (Å²) in [6.07, 6.45) is 5.69. The molecule has 17 heavy (non-hydrogen) atoms. The van der Waals surface area contributed by atoms with E-state index in [0.717, 1.165) is 37.7 Å². The van der Waals surface area contributed by atoms with E-state index in [2.05, 4.69) is 6.92 Å². The van der Waals surface area contributed by atoms with E-state index in [1.165, 1.54) is 5.57 Å². The maximum atomic E-state index is 12.1. The van der Waals surface area contributed by atoms with Crippen LogP contribution in [0.3, 0.4) is 0 Å². The molecule has 3 heteroatoms. The molecule has 1 aliphatic carbocycles. The zero-order chi connectivity index (χ0) is 12.8. The summed E-state index contributed by atoms with van der Waals surface area (Å²) < 4.78 is 0. The van der Waals surface area contributed by atoms with E-state index in [1.54, 1.807) is 0 Å². The van der Waals surface area contributed by atoms with Gasteiger partial charge in [-0.15, -0.1) is 0 Å². The van der Waals surface area contributed by atoms with Gasteiger partial charge in [-0.1, -0.05) is 32.3 Å². The van der Waals surface area contributed by atoms with E-state index in [0.29, 0.717) is 6.42 Å². The minimum atomic E-state index is -0.867. The van der Waals surface area contributed by atoms with Crippen LogP contribution in [-0.2, 0) is 9.59 Å². The van der Waals surface area contributed by atoms with Crippen LogP contribution in [-0.4, -0.2) is 16.9 Å². The third-order valence-electron chi connectivity index (χ3n) is 3.47. The minimum absolute atomic E-state index is 0.0143. The average Bonchev–Trinajstić information content (AvgIpc) is 2.57. The Kier molecular flexibility index (Phi) is 5.39. The average molecular weight is 238 g/mol. The zero-order valence-electron chi connectivity index (χ0n) is 10.8. The topological polar surface area (TPSA) is 54.4 Å². The quantitative estimate of drug-likeness (QED) is 0.692. The van der Waals surface area contributed by atoms with E-state index in [9.17, 15) is 9.59 Å². The lowest BCUT2D eigenvalue weighted by molar-refractivity contribution is -0.139. The second-order valence-electron chi connectivity index (χ2n) is 4.76. The van der Waals surface area contributed by atoms with E-state index >= 15 is 0 Å². The smallest absolute Gasteiger partial charge is 0.304 e. The van der Waals surface area contributed by atoms with Gasteiger partial charge < -0.3 is 5.11 Å². The fraction of sp³-hybridized carbons (Fsp3) is 0.714.